The van der Waals surface area contributed by atoms with Crippen molar-refractivity contribution in [2.24, 2.45) is 0 Å². The first-order valence-electron chi connectivity index (χ1n) is 6.82. The van der Waals surface area contributed by atoms with Crippen LogP contribution in [-0.4, -0.2) is 47.8 Å². The van der Waals surface area contributed by atoms with Gasteiger partial charge in [-0.05, 0) is 45.7 Å². The summed E-state index contributed by atoms with van der Waals surface area (Å²) in [6.07, 6.45) is 4.98. The van der Waals surface area contributed by atoms with E-state index in [0.717, 1.165) is 6.04 Å². The lowest BCUT2D eigenvalue weighted by Crippen LogP contribution is -2.48. The molecular weight excluding hydrogens is 200 g/mol. The predicted molar refractivity (Wildman–Crippen MR) is 68.6 cm³/mol. The first-order chi connectivity index (χ1) is 7.71. The van der Waals surface area contributed by atoms with Crippen LogP contribution in [0.25, 0.3) is 0 Å². The molecule has 0 aromatic heterocycles. The van der Waals surface area contributed by atoms with E-state index >= 15 is 0 Å². The first kappa shape index (κ1) is 13.9. The van der Waals surface area contributed by atoms with Crippen molar-refractivity contribution < 1.29 is 5.11 Å². The van der Waals surface area contributed by atoms with Crippen LogP contribution in [0, 0.1) is 0 Å². The maximum atomic E-state index is 9.01. The van der Waals surface area contributed by atoms with Crippen molar-refractivity contribution in [2.75, 3.05) is 19.7 Å². The third-order valence-electron chi connectivity index (χ3n) is 3.78. The summed E-state index contributed by atoms with van der Waals surface area (Å²) >= 11 is 0. The monoisotopic (exact) mass is 228 g/mol. The molecule has 0 amide bonds. The summed E-state index contributed by atoms with van der Waals surface area (Å²) in [6, 6.07) is 1.62. The first-order valence-corrected chi connectivity index (χ1v) is 6.82. The van der Waals surface area contributed by atoms with Crippen LogP contribution in [-0.2, 0) is 0 Å². The van der Waals surface area contributed by atoms with Gasteiger partial charge in [0.05, 0.1) is 6.61 Å². The topological polar surface area (TPSA) is 35.5 Å². The van der Waals surface area contributed by atoms with Crippen molar-refractivity contribution >= 4 is 0 Å². The molecule has 2 N–H and O–H groups in total. The summed E-state index contributed by atoms with van der Waals surface area (Å²) in [6.45, 7) is 9.28. The zero-order valence-corrected chi connectivity index (χ0v) is 11.1. The Morgan fingerprint density at radius 2 is 1.81 bits per heavy atom. The maximum Gasteiger partial charge on any atom is 0.0582 e. The fraction of sp³-hybridized carbons (Fsp3) is 1.00. The Bertz CT molecular complexity index is 175. The highest BCUT2D eigenvalue weighted by Crippen LogP contribution is 2.17. The number of rotatable bonds is 6. The van der Waals surface area contributed by atoms with Gasteiger partial charge in [0.15, 0.2) is 0 Å². The van der Waals surface area contributed by atoms with E-state index < -0.39 is 0 Å². The van der Waals surface area contributed by atoms with E-state index in [2.05, 4.69) is 24.1 Å². The largest absolute Gasteiger partial charge is 0.395 e. The Morgan fingerprint density at radius 1 is 1.25 bits per heavy atom. The molecule has 0 aromatic rings. The molecule has 0 spiro atoms. The normalized spacial score (nSPS) is 21.6. The highest BCUT2D eigenvalue weighted by Gasteiger charge is 2.23. The molecular formula is C13H28N2O. The highest BCUT2D eigenvalue weighted by molar-refractivity contribution is 4.82. The van der Waals surface area contributed by atoms with Crippen LogP contribution >= 0.6 is 0 Å². The third kappa shape index (κ3) is 4.04. The predicted octanol–water partition coefficient (Wildman–Crippen LogP) is 1.61. The minimum absolute atomic E-state index is 0.240. The molecule has 1 unspecified atom stereocenters. The number of nitrogens with one attached hydrogen (secondary N) is 1. The number of hydrogen-bond acceptors (Lipinski definition) is 3. The number of nitrogens with zero attached hydrogens (tertiary/aromatic N) is 1. The molecule has 3 heteroatoms. The molecule has 0 aliphatic carbocycles. The van der Waals surface area contributed by atoms with Crippen molar-refractivity contribution in [1.82, 2.24) is 10.2 Å². The number of piperidine rings is 1. The fourth-order valence-corrected chi connectivity index (χ4v) is 2.69. The van der Waals surface area contributed by atoms with E-state index in [0.29, 0.717) is 6.04 Å². The maximum absolute atomic E-state index is 9.01. The van der Waals surface area contributed by atoms with Crippen LogP contribution in [0.4, 0.5) is 0 Å². The van der Waals surface area contributed by atoms with Gasteiger partial charge in [0.2, 0.25) is 0 Å². The summed E-state index contributed by atoms with van der Waals surface area (Å²) in [5.74, 6) is 0. The van der Waals surface area contributed by atoms with Crippen molar-refractivity contribution in [1.29, 1.82) is 0 Å². The molecule has 1 atom stereocenters. The van der Waals surface area contributed by atoms with Crippen LogP contribution in [0.3, 0.4) is 0 Å². The Labute approximate surface area is 100 Å². The van der Waals surface area contributed by atoms with Crippen molar-refractivity contribution in [3.63, 3.8) is 0 Å². The third-order valence-corrected chi connectivity index (χ3v) is 3.78. The van der Waals surface area contributed by atoms with Crippen LogP contribution in [0.1, 0.15) is 46.5 Å². The van der Waals surface area contributed by atoms with E-state index in [1.165, 1.54) is 38.8 Å². The van der Waals surface area contributed by atoms with Crippen molar-refractivity contribution in [2.45, 2.75) is 64.6 Å². The van der Waals surface area contributed by atoms with Crippen LogP contribution in [0.15, 0.2) is 0 Å². The number of hydrogen-bond donors (Lipinski definition) is 2. The lowest BCUT2D eigenvalue weighted by atomic mass is 10.0. The lowest BCUT2D eigenvalue weighted by molar-refractivity contribution is 0.127. The molecule has 1 rings (SSSR count). The Kier molecular flexibility index (Phi) is 6.32. The van der Waals surface area contributed by atoms with Gasteiger partial charge in [-0.1, -0.05) is 13.8 Å². The van der Waals surface area contributed by atoms with E-state index in [1.807, 2.05) is 6.92 Å². The second-order valence-corrected chi connectivity index (χ2v) is 5.03. The van der Waals surface area contributed by atoms with Gasteiger partial charge in [0.1, 0.15) is 0 Å². The van der Waals surface area contributed by atoms with Gasteiger partial charge in [-0.2, -0.15) is 0 Å². The Morgan fingerprint density at radius 3 is 2.25 bits per heavy atom. The second-order valence-electron chi connectivity index (χ2n) is 5.03. The van der Waals surface area contributed by atoms with Crippen LogP contribution in [0.5, 0.6) is 0 Å². The molecule has 1 aliphatic rings. The SMILES string of the molecule is CCC(CC)N1CCC(NC(C)CO)CC1. The molecule has 3 nitrogen and oxygen atoms in total. The number of aliphatic hydroxyl groups excluding tert-OH is 1. The summed E-state index contributed by atoms with van der Waals surface area (Å²) in [5.41, 5.74) is 0. The van der Waals surface area contributed by atoms with Crippen LogP contribution in [0.2, 0.25) is 0 Å². The summed E-state index contributed by atoms with van der Waals surface area (Å²) in [4.78, 5) is 2.63. The smallest absolute Gasteiger partial charge is 0.0582 e. The van der Waals surface area contributed by atoms with E-state index in [4.69, 9.17) is 5.11 Å². The van der Waals surface area contributed by atoms with Gasteiger partial charge in [0, 0.05) is 18.1 Å². The Balaban J connectivity index is 2.27. The number of likely N-dealkylation sites (tertiary alicyclic amines) is 1. The minimum Gasteiger partial charge on any atom is -0.395 e. The zero-order valence-electron chi connectivity index (χ0n) is 11.1. The molecule has 1 fully saturated rings. The summed E-state index contributed by atoms with van der Waals surface area (Å²) in [5, 5.41) is 12.5. The van der Waals surface area contributed by atoms with E-state index in [-0.39, 0.29) is 12.6 Å². The van der Waals surface area contributed by atoms with Crippen molar-refractivity contribution in [3.8, 4) is 0 Å². The molecule has 0 saturated carbocycles. The molecule has 0 bridgehead atoms. The molecule has 96 valence electrons. The minimum atomic E-state index is 0.240. The van der Waals surface area contributed by atoms with Crippen molar-refractivity contribution in [3.05, 3.63) is 0 Å². The quantitative estimate of drug-likeness (QED) is 0.725. The molecule has 0 radical (unpaired) electrons. The van der Waals surface area contributed by atoms with Crippen LogP contribution < -0.4 is 5.32 Å². The van der Waals surface area contributed by atoms with Gasteiger partial charge in [-0.15, -0.1) is 0 Å². The standard InChI is InChI=1S/C13H28N2O/c1-4-13(5-2)15-8-6-12(7-9-15)14-11(3)10-16/h11-14,16H,4-10H2,1-3H3. The molecule has 1 heterocycles. The molecule has 1 aliphatic heterocycles. The fourth-order valence-electron chi connectivity index (χ4n) is 2.69. The summed E-state index contributed by atoms with van der Waals surface area (Å²) in [7, 11) is 0. The lowest BCUT2D eigenvalue weighted by Gasteiger charge is -2.38. The van der Waals surface area contributed by atoms with E-state index in [1.54, 1.807) is 0 Å². The van der Waals surface area contributed by atoms with Gasteiger partial charge >= 0.3 is 0 Å². The molecule has 16 heavy (non-hydrogen) atoms. The van der Waals surface area contributed by atoms with Gasteiger partial charge in [-0.25, -0.2) is 0 Å². The zero-order chi connectivity index (χ0) is 12.0. The molecule has 0 aromatic carbocycles. The van der Waals surface area contributed by atoms with Gasteiger partial charge < -0.3 is 15.3 Å². The Hall–Kier alpha value is -0.120. The van der Waals surface area contributed by atoms with E-state index in [9.17, 15) is 0 Å². The average molecular weight is 228 g/mol. The highest BCUT2D eigenvalue weighted by atomic mass is 16.3. The van der Waals surface area contributed by atoms with Gasteiger partial charge in [-0.3, -0.25) is 0 Å². The van der Waals surface area contributed by atoms with Gasteiger partial charge in [0.25, 0.3) is 0 Å². The second kappa shape index (κ2) is 7.25. The summed E-state index contributed by atoms with van der Waals surface area (Å²) < 4.78 is 0. The number of aliphatic hydroxyl groups is 1. The molecule has 1 saturated heterocycles. The average Bonchev–Trinajstić information content (AvgIpc) is 2.32.